The monoisotopic (exact) mass is 433 g/mol. The number of hydrazine groups is 1. The Morgan fingerprint density at radius 3 is 2.56 bits per heavy atom. The number of benzene rings is 2. The lowest BCUT2D eigenvalue weighted by atomic mass is 10.1. The quantitative estimate of drug-likeness (QED) is 0.324. The molecule has 32 heavy (non-hydrogen) atoms. The molecule has 0 bridgehead atoms. The Kier molecular flexibility index (Phi) is 7.25. The van der Waals surface area contributed by atoms with Crippen LogP contribution in [0.2, 0.25) is 0 Å². The number of aromatic nitrogens is 1. The standard InChI is InChI=1S/C26H28FN3O2/c1-18(2)14-15-29-17-21(23-10-5-6-11-24(23)29)12-13-25(31)30(19(3)4)28-26(32)20-8-7-9-22(27)16-20/h5-14,16-17,19H,15H2,1-4H3,(H,28,32). The zero-order valence-electron chi connectivity index (χ0n) is 18.8. The van der Waals surface area contributed by atoms with Crippen LogP contribution in [0, 0.1) is 5.82 Å². The number of hydrogen-bond donors (Lipinski definition) is 1. The van der Waals surface area contributed by atoms with Crippen LogP contribution in [0.3, 0.4) is 0 Å². The molecule has 0 aliphatic rings. The zero-order chi connectivity index (χ0) is 23.3. The molecule has 0 radical (unpaired) electrons. The highest BCUT2D eigenvalue weighted by Gasteiger charge is 2.19. The number of nitrogens with zero attached hydrogens (tertiary/aromatic N) is 2. The first kappa shape index (κ1) is 23.0. The Morgan fingerprint density at radius 1 is 1.12 bits per heavy atom. The molecule has 3 rings (SSSR count). The summed E-state index contributed by atoms with van der Waals surface area (Å²) in [5, 5.41) is 2.28. The van der Waals surface area contributed by atoms with Crippen LogP contribution < -0.4 is 5.43 Å². The van der Waals surface area contributed by atoms with E-state index in [9.17, 15) is 14.0 Å². The van der Waals surface area contributed by atoms with Gasteiger partial charge in [0.15, 0.2) is 0 Å². The molecule has 5 nitrogen and oxygen atoms in total. The topological polar surface area (TPSA) is 54.3 Å². The molecule has 0 aliphatic carbocycles. The second kappa shape index (κ2) is 10.1. The summed E-state index contributed by atoms with van der Waals surface area (Å²) in [6, 6.07) is 13.1. The van der Waals surface area contributed by atoms with E-state index in [1.165, 1.54) is 34.9 Å². The molecule has 166 valence electrons. The summed E-state index contributed by atoms with van der Waals surface area (Å²) >= 11 is 0. The fourth-order valence-electron chi connectivity index (χ4n) is 3.32. The minimum Gasteiger partial charge on any atom is -0.343 e. The second-order valence-corrected chi connectivity index (χ2v) is 8.12. The van der Waals surface area contributed by atoms with Crippen LogP contribution in [-0.4, -0.2) is 27.4 Å². The van der Waals surface area contributed by atoms with Crippen molar-refractivity contribution in [1.82, 2.24) is 15.0 Å². The molecule has 1 heterocycles. The first-order valence-electron chi connectivity index (χ1n) is 10.6. The number of carbonyl (C=O) groups is 2. The van der Waals surface area contributed by atoms with E-state index >= 15 is 0 Å². The molecule has 2 amide bonds. The lowest BCUT2D eigenvalue weighted by molar-refractivity contribution is -0.130. The molecule has 0 saturated heterocycles. The molecule has 3 aromatic rings. The van der Waals surface area contributed by atoms with E-state index in [0.29, 0.717) is 0 Å². The molecule has 6 heteroatoms. The van der Waals surface area contributed by atoms with Crippen LogP contribution in [0.25, 0.3) is 17.0 Å². The van der Waals surface area contributed by atoms with Crippen LogP contribution in [-0.2, 0) is 11.3 Å². The van der Waals surface area contributed by atoms with E-state index < -0.39 is 11.7 Å². The van der Waals surface area contributed by atoms with Gasteiger partial charge in [-0.25, -0.2) is 9.40 Å². The largest absolute Gasteiger partial charge is 0.343 e. The number of rotatable bonds is 6. The van der Waals surface area contributed by atoms with E-state index in [1.807, 2.05) is 30.5 Å². The van der Waals surface area contributed by atoms with Crippen molar-refractivity contribution in [2.75, 3.05) is 0 Å². The fraction of sp³-hybridized carbons (Fsp3) is 0.231. The van der Waals surface area contributed by atoms with Crippen molar-refractivity contribution in [3.63, 3.8) is 0 Å². The van der Waals surface area contributed by atoms with Gasteiger partial charge in [-0.05, 0) is 58.0 Å². The molecule has 0 atom stereocenters. The van der Waals surface area contributed by atoms with Crippen molar-refractivity contribution in [1.29, 1.82) is 0 Å². The van der Waals surface area contributed by atoms with Crippen LogP contribution in [0.1, 0.15) is 43.6 Å². The lowest BCUT2D eigenvalue weighted by Gasteiger charge is -2.25. The minimum absolute atomic E-state index is 0.148. The highest BCUT2D eigenvalue weighted by Crippen LogP contribution is 2.23. The first-order valence-corrected chi connectivity index (χ1v) is 10.6. The predicted molar refractivity (Wildman–Crippen MR) is 126 cm³/mol. The van der Waals surface area contributed by atoms with Crippen molar-refractivity contribution in [3.05, 3.63) is 89.4 Å². The number of hydrogen-bond acceptors (Lipinski definition) is 2. The Balaban J connectivity index is 1.82. The Morgan fingerprint density at radius 2 is 1.88 bits per heavy atom. The third-order valence-electron chi connectivity index (χ3n) is 4.98. The molecule has 0 saturated carbocycles. The van der Waals surface area contributed by atoms with Gasteiger partial charge >= 0.3 is 0 Å². The third kappa shape index (κ3) is 5.52. The summed E-state index contributed by atoms with van der Waals surface area (Å²) in [6.45, 7) is 8.45. The Hall–Kier alpha value is -3.67. The van der Waals surface area contributed by atoms with Crippen molar-refractivity contribution in [3.8, 4) is 0 Å². The second-order valence-electron chi connectivity index (χ2n) is 8.12. The van der Waals surface area contributed by atoms with Crippen LogP contribution in [0.15, 0.2) is 72.5 Å². The zero-order valence-corrected chi connectivity index (χ0v) is 18.8. The molecular formula is C26H28FN3O2. The van der Waals surface area contributed by atoms with Gasteiger partial charge in [0.1, 0.15) is 5.82 Å². The van der Waals surface area contributed by atoms with E-state index in [2.05, 4.69) is 29.9 Å². The number of amides is 2. The van der Waals surface area contributed by atoms with Gasteiger partial charge in [0.2, 0.25) is 0 Å². The fourth-order valence-corrected chi connectivity index (χ4v) is 3.32. The maximum Gasteiger partial charge on any atom is 0.269 e. The summed E-state index contributed by atoms with van der Waals surface area (Å²) in [5.41, 5.74) is 5.96. The molecule has 0 aliphatic heterocycles. The normalized spacial score (nSPS) is 11.2. The van der Waals surface area contributed by atoms with E-state index in [4.69, 9.17) is 0 Å². The first-order chi connectivity index (χ1) is 15.3. The van der Waals surface area contributed by atoms with Crippen molar-refractivity contribution in [2.24, 2.45) is 0 Å². The lowest BCUT2D eigenvalue weighted by Crippen LogP contribution is -2.49. The maximum absolute atomic E-state index is 13.4. The van der Waals surface area contributed by atoms with Crippen LogP contribution in [0.5, 0.6) is 0 Å². The molecule has 0 fully saturated rings. The molecule has 1 N–H and O–H groups in total. The molecule has 0 spiro atoms. The van der Waals surface area contributed by atoms with E-state index in [1.54, 1.807) is 19.9 Å². The summed E-state index contributed by atoms with van der Waals surface area (Å²) in [7, 11) is 0. The molecular weight excluding hydrogens is 405 g/mol. The predicted octanol–water partition coefficient (Wildman–Crippen LogP) is 5.34. The summed E-state index contributed by atoms with van der Waals surface area (Å²) in [5.74, 6) is -1.42. The van der Waals surface area contributed by atoms with Gasteiger partial charge in [-0.1, -0.05) is 35.9 Å². The van der Waals surface area contributed by atoms with Gasteiger partial charge < -0.3 is 4.57 Å². The SMILES string of the molecule is CC(C)=CCn1cc(C=CC(=O)N(NC(=O)c2cccc(F)c2)C(C)C)c2ccccc21. The minimum atomic E-state index is -0.543. The molecule has 2 aromatic carbocycles. The van der Waals surface area contributed by atoms with Crippen molar-refractivity contribution >= 4 is 28.8 Å². The van der Waals surface area contributed by atoms with Crippen LogP contribution in [0.4, 0.5) is 4.39 Å². The average molecular weight is 434 g/mol. The maximum atomic E-state index is 13.4. The van der Waals surface area contributed by atoms with Crippen molar-refractivity contribution < 1.29 is 14.0 Å². The number of carbonyl (C=O) groups excluding carboxylic acids is 2. The van der Waals surface area contributed by atoms with Gasteiger partial charge in [-0.15, -0.1) is 0 Å². The number of allylic oxidation sites excluding steroid dienone is 2. The third-order valence-corrected chi connectivity index (χ3v) is 4.98. The summed E-state index contributed by atoms with van der Waals surface area (Å²) in [6.07, 6.45) is 7.36. The van der Waals surface area contributed by atoms with Gasteiger partial charge in [-0.2, -0.15) is 0 Å². The van der Waals surface area contributed by atoms with Gasteiger partial charge in [-0.3, -0.25) is 15.0 Å². The highest BCUT2D eigenvalue weighted by molar-refractivity contribution is 5.99. The van der Waals surface area contributed by atoms with Gasteiger partial charge in [0.05, 0.1) is 0 Å². The van der Waals surface area contributed by atoms with E-state index in [-0.39, 0.29) is 17.5 Å². The molecule has 0 unspecified atom stereocenters. The summed E-state index contributed by atoms with van der Waals surface area (Å²) in [4.78, 5) is 25.4. The Bertz CT molecular complexity index is 1190. The molecule has 1 aromatic heterocycles. The number of nitrogens with one attached hydrogen (secondary N) is 1. The number of halogens is 1. The van der Waals surface area contributed by atoms with Crippen molar-refractivity contribution in [2.45, 2.75) is 40.3 Å². The van der Waals surface area contributed by atoms with E-state index in [0.717, 1.165) is 29.1 Å². The highest BCUT2D eigenvalue weighted by atomic mass is 19.1. The van der Waals surface area contributed by atoms with Gasteiger partial charge in [0, 0.05) is 46.9 Å². The van der Waals surface area contributed by atoms with Gasteiger partial charge in [0.25, 0.3) is 11.8 Å². The smallest absolute Gasteiger partial charge is 0.269 e. The number of para-hydroxylation sites is 1. The van der Waals surface area contributed by atoms with Crippen LogP contribution >= 0.6 is 0 Å². The average Bonchev–Trinajstić information content (AvgIpc) is 3.11. The Labute approximate surface area is 187 Å². The summed E-state index contributed by atoms with van der Waals surface area (Å²) < 4.78 is 15.6. The number of fused-ring (bicyclic) bond motifs is 1.